The number of fused-ring (bicyclic) bond motifs is 17. The van der Waals surface area contributed by atoms with Gasteiger partial charge in [0.2, 0.25) is 0 Å². The first kappa shape index (κ1) is 23.5. The number of benzene rings is 6. The zero-order valence-electron chi connectivity index (χ0n) is 24.3. The fraction of sp³-hybridized carbons (Fsp3) is 0.0238. The van der Waals surface area contributed by atoms with Gasteiger partial charge in [-0.25, -0.2) is 4.98 Å². The van der Waals surface area contributed by atoms with Gasteiger partial charge in [0.1, 0.15) is 0 Å². The maximum absolute atomic E-state index is 5.24. The standard InChI is InChI=1S/C42H25N3/c1-5-16-31-26(12-1)27-13-2-6-17-32(27)42(31)33-18-7-3-15-30(33)39-34(42)19-11-23-38(39)45-36-21-9-4-14-28(36)29-24-25-44-37-22-10-8-20-35(37)43-41(44)40(29)45/h1-25H. The van der Waals surface area contributed by atoms with Crippen molar-refractivity contribution in [3.63, 3.8) is 0 Å². The van der Waals surface area contributed by atoms with Crippen molar-refractivity contribution in [2.24, 2.45) is 0 Å². The van der Waals surface area contributed by atoms with Crippen LogP contribution in [0.3, 0.4) is 0 Å². The van der Waals surface area contributed by atoms with Crippen LogP contribution in [0.25, 0.3) is 66.4 Å². The average molecular weight is 572 g/mol. The third kappa shape index (κ3) is 2.68. The average Bonchev–Trinajstić information content (AvgIpc) is 3.82. The Hall–Kier alpha value is -5.93. The molecule has 9 aromatic rings. The maximum atomic E-state index is 5.24. The van der Waals surface area contributed by atoms with Crippen molar-refractivity contribution in [3.8, 4) is 27.9 Å². The van der Waals surface area contributed by atoms with Crippen molar-refractivity contribution in [2.75, 3.05) is 0 Å². The molecule has 208 valence electrons. The van der Waals surface area contributed by atoms with Gasteiger partial charge in [0, 0.05) is 22.5 Å². The summed E-state index contributed by atoms with van der Waals surface area (Å²) in [5.41, 5.74) is 16.9. The molecule has 3 aromatic heterocycles. The summed E-state index contributed by atoms with van der Waals surface area (Å²) in [5.74, 6) is 0. The second-order valence-corrected chi connectivity index (χ2v) is 12.3. The molecule has 0 atom stereocenters. The van der Waals surface area contributed by atoms with Gasteiger partial charge in [0.15, 0.2) is 5.65 Å². The topological polar surface area (TPSA) is 22.2 Å². The molecule has 3 nitrogen and oxygen atoms in total. The zero-order chi connectivity index (χ0) is 29.3. The van der Waals surface area contributed by atoms with Crippen LogP contribution in [0.5, 0.6) is 0 Å². The Bertz CT molecular complexity index is 2680. The van der Waals surface area contributed by atoms with Crippen LogP contribution in [0, 0.1) is 0 Å². The molecule has 0 radical (unpaired) electrons. The van der Waals surface area contributed by atoms with Crippen LogP contribution in [0.4, 0.5) is 0 Å². The Balaban J connectivity index is 1.34. The lowest BCUT2D eigenvalue weighted by Gasteiger charge is -2.30. The molecule has 0 saturated carbocycles. The third-order valence-corrected chi connectivity index (χ3v) is 10.4. The Morgan fingerprint density at radius 2 is 1.07 bits per heavy atom. The smallest absolute Gasteiger partial charge is 0.162 e. The van der Waals surface area contributed by atoms with Gasteiger partial charge in [-0.05, 0) is 69.3 Å². The largest absolute Gasteiger partial charge is 0.305 e. The number of aromatic nitrogens is 3. The molecule has 11 rings (SSSR count). The van der Waals surface area contributed by atoms with Crippen LogP contribution in [-0.4, -0.2) is 14.0 Å². The number of rotatable bonds is 1. The van der Waals surface area contributed by atoms with Crippen molar-refractivity contribution in [3.05, 3.63) is 174 Å². The highest BCUT2D eigenvalue weighted by Crippen LogP contribution is 2.63. The van der Waals surface area contributed by atoms with E-state index >= 15 is 0 Å². The molecular formula is C42H25N3. The highest BCUT2D eigenvalue weighted by atomic mass is 15.1. The van der Waals surface area contributed by atoms with E-state index < -0.39 is 0 Å². The molecule has 0 saturated heterocycles. The second kappa shape index (κ2) is 8.16. The molecule has 3 heteroatoms. The van der Waals surface area contributed by atoms with Gasteiger partial charge < -0.3 is 4.57 Å². The van der Waals surface area contributed by atoms with E-state index in [1.54, 1.807) is 0 Å². The van der Waals surface area contributed by atoms with Gasteiger partial charge in [0.05, 0.1) is 33.2 Å². The molecule has 2 aliphatic rings. The molecule has 0 unspecified atom stereocenters. The first-order chi connectivity index (χ1) is 22.4. The highest BCUT2D eigenvalue weighted by molar-refractivity contribution is 6.15. The number of imidazole rings is 1. The first-order valence-corrected chi connectivity index (χ1v) is 15.6. The maximum Gasteiger partial charge on any atom is 0.162 e. The Labute approximate surface area is 259 Å². The van der Waals surface area contributed by atoms with Crippen LogP contribution in [0.1, 0.15) is 22.3 Å². The Morgan fingerprint density at radius 1 is 0.467 bits per heavy atom. The van der Waals surface area contributed by atoms with Gasteiger partial charge >= 0.3 is 0 Å². The first-order valence-electron chi connectivity index (χ1n) is 15.6. The van der Waals surface area contributed by atoms with Crippen molar-refractivity contribution < 1.29 is 0 Å². The zero-order valence-corrected chi connectivity index (χ0v) is 24.3. The van der Waals surface area contributed by atoms with Crippen molar-refractivity contribution in [1.29, 1.82) is 0 Å². The summed E-state index contributed by atoms with van der Waals surface area (Å²) in [6.45, 7) is 0. The van der Waals surface area contributed by atoms with Crippen LogP contribution in [-0.2, 0) is 5.41 Å². The molecule has 45 heavy (non-hydrogen) atoms. The lowest BCUT2D eigenvalue weighted by Crippen LogP contribution is -2.25. The van der Waals surface area contributed by atoms with E-state index in [-0.39, 0.29) is 5.41 Å². The normalized spacial score (nSPS) is 14.0. The predicted octanol–water partition coefficient (Wildman–Crippen LogP) is 9.93. The van der Waals surface area contributed by atoms with E-state index in [0.717, 1.165) is 22.2 Å². The predicted molar refractivity (Wildman–Crippen MR) is 183 cm³/mol. The van der Waals surface area contributed by atoms with Gasteiger partial charge in [-0.3, -0.25) is 4.40 Å². The molecule has 0 N–H and O–H groups in total. The minimum atomic E-state index is -0.384. The minimum absolute atomic E-state index is 0.384. The van der Waals surface area contributed by atoms with Crippen LogP contribution >= 0.6 is 0 Å². The van der Waals surface area contributed by atoms with Gasteiger partial charge in [-0.15, -0.1) is 0 Å². The molecule has 1 spiro atoms. The summed E-state index contributed by atoms with van der Waals surface area (Å²) in [6.07, 6.45) is 2.18. The molecule has 3 heterocycles. The summed E-state index contributed by atoms with van der Waals surface area (Å²) >= 11 is 0. The minimum Gasteiger partial charge on any atom is -0.305 e. The monoisotopic (exact) mass is 571 g/mol. The second-order valence-electron chi connectivity index (χ2n) is 12.3. The van der Waals surface area contributed by atoms with E-state index in [4.69, 9.17) is 4.98 Å². The quantitative estimate of drug-likeness (QED) is 0.192. The Kier molecular flexibility index (Phi) is 4.26. The molecule has 0 bridgehead atoms. The van der Waals surface area contributed by atoms with E-state index in [1.807, 2.05) is 0 Å². The number of hydrogen-bond donors (Lipinski definition) is 0. The fourth-order valence-electron chi connectivity index (χ4n) is 8.73. The van der Waals surface area contributed by atoms with Gasteiger partial charge in [-0.2, -0.15) is 0 Å². The molecule has 0 amide bonds. The molecular weight excluding hydrogens is 546 g/mol. The summed E-state index contributed by atoms with van der Waals surface area (Å²) in [4.78, 5) is 5.24. The van der Waals surface area contributed by atoms with Crippen LogP contribution in [0.15, 0.2) is 152 Å². The van der Waals surface area contributed by atoms with E-state index in [1.165, 1.54) is 66.5 Å². The number of nitrogens with zero attached hydrogens (tertiary/aromatic N) is 3. The lowest BCUT2D eigenvalue weighted by molar-refractivity contribution is 0.793. The lowest BCUT2D eigenvalue weighted by atomic mass is 9.70. The van der Waals surface area contributed by atoms with Gasteiger partial charge in [0.25, 0.3) is 0 Å². The van der Waals surface area contributed by atoms with Crippen molar-refractivity contribution in [1.82, 2.24) is 14.0 Å². The van der Waals surface area contributed by atoms with Gasteiger partial charge in [-0.1, -0.05) is 115 Å². The van der Waals surface area contributed by atoms with Crippen LogP contribution in [0.2, 0.25) is 0 Å². The van der Waals surface area contributed by atoms with E-state index in [9.17, 15) is 0 Å². The number of pyridine rings is 1. The third-order valence-electron chi connectivity index (χ3n) is 10.4. The molecule has 0 fully saturated rings. The molecule has 2 aliphatic carbocycles. The highest BCUT2D eigenvalue weighted by Gasteiger charge is 2.52. The summed E-state index contributed by atoms with van der Waals surface area (Å²) in [7, 11) is 0. The summed E-state index contributed by atoms with van der Waals surface area (Å²) in [6, 6.07) is 53.5. The van der Waals surface area contributed by atoms with E-state index in [0.29, 0.717) is 0 Å². The van der Waals surface area contributed by atoms with Crippen molar-refractivity contribution >= 4 is 38.5 Å². The summed E-state index contributed by atoms with van der Waals surface area (Å²) in [5, 5.41) is 2.45. The Morgan fingerprint density at radius 3 is 1.84 bits per heavy atom. The van der Waals surface area contributed by atoms with E-state index in [2.05, 4.69) is 161 Å². The fourth-order valence-corrected chi connectivity index (χ4v) is 8.73. The van der Waals surface area contributed by atoms with Crippen LogP contribution < -0.4 is 0 Å². The number of para-hydroxylation sites is 3. The number of hydrogen-bond acceptors (Lipinski definition) is 1. The van der Waals surface area contributed by atoms with Crippen molar-refractivity contribution in [2.45, 2.75) is 5.41 Å². The SMILES string of the molecule is c1ccc2c(c1)-c1ccccc1C21c2ccccc2-c2c(-n3c4ccccc4c4ccn5c6ccccc6nc5c43)cccc21. The molecule has 0 aliphatic heterocycles. The molecule has 6 aromatic carbocycles. The summed E-state index contributed by atoms with van der Waals surface area (Å²) < 4.78 is 4.72.